The van der Waals surface area contributed by atoms with Gasteiger partial charge in [-0.15, -0.1) is 0 Å². The van der Waals surface area contributed by atoms with E-state index in [1.807, 2.05) is 6.07 Å². The number of pyridine rings is 1. The molecule has 0 unspecified atom stereocenters. The van der Waals surface area contributed by atoms with Gasteiger partial charge in [0.25, 0.3) is 0 Å². The van der Waals surface area contributed by atoms with Crippen molar-refractivity contribution in [3.05, 3.63) is 53.3 Å². The molecule has 0 saturated heterocycles. The highest BCUT2D eigenvalue weighted by Gasteiger charge is 2.11. The van der Waals surface area contributed by atoms with Crippen LogP contribution < -0.4 is 4.74 Å². The van der Waals surface area contributed by atoms with Crippen LogP contribution in [0, 0.1) is 20.8 Å². The third kappa shape index (κ3) is 2.05. The summed E-state index contributed by atoms with van der Waals surface area (Å²) in [6.07, 6.45) is 4.18. The van der Waals surface area contributed by atoms with E-state index in [4.69, 9.17) is 9.72 Å². The van der Waals surface area contributed by atoms with Crippen molar-refractivity contribution in [2.24, 2.45) is 0 Å². The Balaban J connectivity index is 2.20. The van der Waals surface area contributed by atoms with Gasteiger partial charge in [-0.2, -0.15) is 0 Å². The number of hydrogen-bond donors (Lipinski definition) is 0. The number of benzene rings is 1. The molecule has 0 N–H and O–H groups in total. The normalized spacial score (nSPS) is 11.0. The average molecular weight is 266 g/mol. The second-order valence-corrected chi connectivity index (χ2v) is 5.23. The summed E-state index contributed by atoms with van der Waals surface area (Å²) in [7, 11) is 1.70. The second-order valence-electron chi connectivity index (χ2n) is 5.23. The maximum atomic E-state index is 5.32. The van der Waals surface area contributed by atoms with E-state index in [2.05, 4.69) is 55.8 Å². The maximum absolute atomic E-state index is 5.32. The van der Waals surface area contributed by atoms with Crippen molar-refractivity contribution in [3.8, 4) is 17.0 Å². The summed E-state index contributed by atoms with van der Waals surface area (Å²) in [5, 5.41) is 0. The molecule has 3 aromatic rings. The molecule has 20 heavy (non-hydrogen) atoms. The Labute approximate surface area is 118 Å². The minimum Gasteiger partial charge on any atom is -0.497 e. The summed E-state index contributed by atoms with van der Waals surface area (Å²) >= 11 is 0. The Bertz CT molecular complexity index is 764. The number of hydrogen-bond acceptors (Lipinski definition) is 2. The molecule has 0 saturated carbocycles. The van der Waals surface area contributed by atoms with E-state index in [-0.39, 0.29) is 0 Å². The number of imidazole rings is 1. The molecule has 102 valence electrons. The first kappa shape index (κ1) is 12.7. The van der Waals surface area contributed by atoms with Gasteiger partial charge < -0.3 is 9.14 Å². The van der Waals surface area contributed by atoms with Crippen LogP contribution in [-0.2, 0) is 0 Å². The highest BCUT2D eigenvalue weighted by molar-refractivity contribution is 5.70. The maximum Gasteiger partial charge on any atom is 0.137 e. The molecule has 0 aliphatic rings. The molecular weight excluding hydrogens is 248 g/mol. The van der Waals surface area contributed by atoms with E-state index in [9.17, 15) is 0 Å². The van der Waals surface area contributed by atoms with Crippen molar-refractivity contribution >= 4 is 5.65 Å². The molecule has 0 amide bonds. The van der Waals surface area contributed by atoms with Crippen LogP contribution in [0.25, 0.3) is 16.9 Å². The van der Waals surface area contributed by atoms with Crippen LogP contribution in [0.3, 0.4) is 0 Å². The molecule has 0 fully saturated rings. The molecule has 3 rings (SSSR count). The van der Waals surface area contributed by atoms with Crippen LogP contribution in [0.5, 0.6) is 5.75 Å². The Morgan fingerprint density at radius 2 is 1.70 bits per heavy atom. The van der Waals surface area contributed by atoms with Gasteiger partial charge in [-0.25, -0.2) is 4.98 Å². The third-order valence-electron chi connectivity index (χ3n) is 3.60. The fourth-order valence-corrected chi connectivity index (χ4v) is 2.67. The van der Waals surface area contributed by atoms with E-state index in [1.54, 1.807) is 7.11 Å². The van der Waals surface area contributed by atoms with Crippen LogP contribution in [0.4, 0.5) is 0 Å². The minimum atomic E-state index is 0.892. The molecular formula is C17H18N2O. The van der Waals surface area contributed by atoms with E-state index in [0.29, 0.717) is 0 Å². The fraction of sp³-hybridized carbons (Fsp3) is 0.235. The molecule has 0 radical (unpaired) electrons. The van der Waals surface area contributed by atoms with Crippen LogP contribution >= 0.6 is 0 Å². The van der Waals surface area contributed by atoms with Crippen LogP contribution in [0.2, 0.25) is 0 Å². The summed E-state index contributed by atoms with van der Waals surface area (Å²) in [5.41, 5.74) is 6.76. The average Bonchev–Trinajstić information content (AvgIpc) is 2.80. The summed E-state index contributed by atoms with van der Waals surface area (Å²) < 4.78 is 7.39. The highest BCUT2D eigenvalue weighted by Crippen LogP contribution is 2.30. The Kier molecular flexibility index (Phi) is 2.97. The molecule has 0 bridgehead atoms. The van der Waals surface area contributed by atoms with Gasteiger partial charge in [-0.05, 0) is 55.7 Å². The largest absolute Gasteiger partial charge is 0.497 e. The quantitative estimate of drug-likeness (QED) is 0.702. The molecule has 3 nitrogen and oxygen atoms in total. The SMILES string of the molecule is COc1cc(C)c(-c2cn3cc(C)ccc3n2)c(C)c1. The smallest absolute Gasteiger partial charge is 0.137 e. The minimum absolute atomic E-state index is 0.892. The van der Waals surface area contributed by atoms with Gasteiger partial charge in [0.05, 0.1) is 12.8 Å². The molecule has 0 aliphatic carbocycles. The Morgan fingerprint density at radius 1 is 1.00 bits per heavy atom. The molecule has 0 spiro atoms. The highest BCUT2D eigenvalue weighted by atomic mass is 16.5. The van der Waals surface area contributed by atoms with E-state index in [0.717, 1.165) is 17.1 Å². The molecule has 2 heterocycles. The van der Waals surface area contributed by atoms with Crippen molar-refractivity contribution < 1.29 is 4.74 Å². The predicted octanol–water partition coefficient (Wildman–Crippen LogP) is 3.94. The first-order chi connectivity index (χ1) is 9.58. The van der Waals surface area contributed by atoms with Gasteiger partial charge in [0.1, 0.15) is 11.4 Å². The van der Waals surface area contributed by atoms with Crippen molar-refractivity contribution in [3.63, 3.8) is 0 Å². The number of aryl methyl sites for hydroxylation is 3. The van der Waals surface area contributed by atoms with Crippen LogP contribution in [0.15, 0.2) is 36.7 Å². The Morgan fingerprint density at radius 3 is 2.35 bits per heavy atom. The molecule has 2 aromatic heterocycles. The van der Waals surface area contributed by atoms with Crippen LogP contribution in [0.1, 0.15) is 16.7 Å². The zero-order valence-electron chi connectivity index (χ0n) is 12.3. The van der Waals surface area contributed by atoms with E-state index in [1.165, 1.54) is 22.3 Å². The Hall–Kier alpha value is -2.29. The lowest BCUT2D eigenvalue weighted by Gasteiger charge is -2.09. The van der Waals surface area contributed by atoms with Gasteiger partial charge in [0, 0.05) is 18.0 Å². The lowest BCUT2D eigenvalue weighted by molar-refractivity contribution is 0.414. The molecule has 1 aromatic carbocycles. The van der Waals surface area contributed by atoms with Crippen LogP contribution in [-0.4, -0.2) is 16.5 Å². The molecule has 0 atom stereocenters. The summed E-state index contributed by atoms with van der Waals surface area (Å²) in [4.78, 5) is 4.72. The fourth-order valence-electron chi connectivity index (χ4n) is 2.67. The number of fused-ring (bicyclic) bond motifs is 1. The van der Waals surface area contributed by atoms with Gasteiger partial charge in [-0.1, -0.05) is 6.07 Å². The predicted molar refractivity (Wildman–Crippen MR) is 81.4 cm³/mol. The summed E-state index contributed by atoms with van der Waals surface area (Å²) in [6, 6.07) is 8.24. The van der Waals surface area contributed by atoms with Crippen molar-refractivity contribution in [1.29, 1.82) is 0 Å². The first-order valence-electron chi connectivity index (χ1n) is 6.69. The van der Waals surface area contributed by atoms with Crippen molar-refractivity contribution in [2.45, 2.75) is 20.8 Å². The molecule has 3 heteroatoms. The summed E-state index contributed by atoms with van der Waals surface area (Å²) in [6.45, 7) is 6.28. The standard InChI is InChI=1S/C17H18N2O/c1-11-5-6-16-18-15(10-19(16)9-11)17-12(2)7-14(20-4)8-13(17)3/h5-10H,1-4H3. The summed E-state index contributed by atoms with van der Waals surface area (Å²) in [5.74, 6) is 0.892. The number of rotatable bonds is 2. The third-order valence-corrected chi connectivity index (χ3v) is 3.60. The number of ether oxygens (including phenoxy) is 1. The zero-order chi connectivity index (χ0) is 14.3. The zero-order valence-corrected chi connectivity index (χ0v) is 12.3. The van der Waals surface area contributed by atoms with Gasteiger partial charge in [0.15, 0.2) is 0 Å². The molecule has 0 aliphatic heterocycles. The van der Waals surface area contributed by atoms with Crippen molar-refractivity contribution in [2.75, 3.05) is 7.11 Å². The first-order valence-corrected chi connectivity index (χ1v) is 6.69. The van der Waals surface area contributed by atoms with Gasteiger partial charge >= 0.3 is 0 Å². The van der Waals surface area contributed by atoms with E-state index >= 15 is 0 Å². The number of aromatic nitrogens is 2. The van der Waals surface area contributed by atoms with E-state index < -0.39 is 0 Å². The van der Waals surface area contributed by atoms with Crippen molar-refractivity contribution in [1.82, 2.24) is 9.38 Å². The second kappa shape index (κ2) is 4.67. The topological polar surface area (TPSA) is 26.5 Å². The lowest BCUT2D eigenvalue weighted by atomic mass is 10.00. The van der Waals surface area contributed by atoms with Gasteiger partial charge in [-0.3, -0.25) is 0 Å². The number of nitrogens with zero attached hydrogens (tertiary/aromatic N) is 2. The number of methoxy groups -OCH3 is 1. The van der Waals surface area contributed by atoms with Gasteiger partial charge in [0.2, 0.25) is 0 Å². The lowest BCUT2D eigenvalue weighted by Crippen LogP contribution is -1.91. The monoisotopic (exact) mass is 266 g/mol.